The summed E-state index contributed by atoms with van der Waals surface area (Å²) in [7, 11) is 0. The molecule has 0 aromatic heterocycles. The fourth-order valence-electron chi connectivity index (χ4n) is 4.52. The van der Waals surface area contributed by atoms with E-state index in [2.05, 4.69) is 70.7 Å². The molecule has 0 aliphatic carbocycles. The van der Waals surface area contributed by atoms with Gasteiger partial charge < -0.3 is 9.47 Å². The lowest BCUT2D eigenvalue weighted by atomic mass is 10.00. The minimum absolute atomic E-state index is 0.776. The van der Waals surface area contributed by atoms with E-state index in [9.17, 15) is 0 Å². The van der Waals surface area contributed by atoms with Crippen LogP contribution >= 0.6 is 0 Å². The molecule has 0 saturated carbocycles. The minimum Gasteiger partial charge on any atom is -0.458 e. The van der Waals surface area contributed by atoms with Gasteiger partial charge in [0.25, 0.3) is 0 Å². The lowest BCUT2D eigenvalue weighted by Crippen LogP contribution is -2.27. The molecule has 4 aromatic carbocycles. The zero-order chi connectivity index (χ0) is 25.7. The second kappa shape index (κ2) is 10.2. The zero-order valence-electron chi connectivity index (χ0n) is 20.7. The van der Waals surface area contributed by atoms with E-state index < -0.39 is 11.4 Å². The first-order chi connectivity index (χ1) is 18.7. The predicted octanol–water partition coefficient (Wildman–Crippen LogP) is 7.60. The summed E-state index contributed by atoms with van der Waals surface area (Å²) in [6.07, 6.45) is 15.5. The number of rotatable bonds is 8. The van der Waals surface area contributed by atoms with Crippen LogP contribution in [-0.4, -0.2) is 12.4 Å². The van der Waals surface area contributed by atoms with Crippen molar-refractivity contribution >= 4 is 24.6 Å². The summed E-state index contributed by atoms with van der Waals surface area (Å²) in [5, 5.41) is 0. The molecular formula is C34H26N2O2. The molecular weight excluding hydrogens is 468 g/mol. The number of benzene rings is 4. The third-order valence-corrected chi connectivity index (χ3v) is 6.50. The van der Waals surface area contributed by atoms with Gasteiger partial charge in [-0.05, 0) is 59.7 Å². The SMILES string of the molecule is C1=CC(Oc2ccccc2)(c2ccc(C=Cc3ccc(C4(Oc5ccccc5)C=CC=N4)cc3)cc2)N=C1. The molecule has 38 heavy (non-hydrogen) atoms. The van der Waals surface area contributed by atoms with Gasteiger partial charge in [0.2, 0.25) is 11.4 Å². The molecule has 2 atom stereocenters. The molecule has 0 amide bonds. The summed E-state index contributed by atoms with van der Waals surface area (Å²) in [6, 6.07) is 36.1. The lowest BCUT2D eigenvalue weighted by molar-refractivity contribution is 0.133. The number of nitrogens with zero attached hydrogens (tertiary/aromatic N) is 2. The number of ether oxygens (including phenoxy) is 2. The molecule has 184 valence electrons. The molecule has 2 aliphatic heterocycles. The van der Waals surface area contributed by atoms with Crippen molar-refractivity contribution in [2.75, 3.05) is 0 Å². The molecule has 0 bridgehead atoms. The normalized spacial score (nSPS) is 21.4. The average molecular weight is 495 g/mol. The Morgan fingerprint density at radius 1 is 0.474 bits per heavy atom. The van der Waals surface area contributed by atoms with Gasteiger partial charge in [-0.1, -0.05) is 97.1 Å². The number of hydrogen-bond donors (Lipinski definition) is 0. The molecule has 6 rings (SSSR count). The Hall–Kier alpha value is -4.96. The van der Waals surface area contributed by atoms with E-state index in [0.717, 1.165) is 33.8 Å². The van der Waals surface area contributed by atoms with Crippen LogP contribution in [0.25, 0.3) is 12.2 Å². The molecule has 0 radical (unpaired) electrons. The van der Waals surface area contributed by atoms with E-state index in [1.165, 1.54) is 0 Å². The summed E-state index contributed by atoms with van der Waals surface area (Å²) in [4.78, 5) is 9.25. The highest BCUT2D eigenvalue weighted by Crippen LogP contribution is 2.35. The average Bonchev–Trinajstić information content (AvgIpc) is 3.65. The van der Waals surface area contributed by atoms with Crippen LogP contribution in [0.2, 0.25) is 0 Å². The molecule has 4 nitrogen and oxygen atoms in total. The second-order valence-corrected chi connectivity index (χ2v) is 9.08. The van der Waals surface area contributed by atoms with E-state index in [1.807, 2.05) is 85.0 Å². The van der Waals surface area contributed by atoms with Crippen LogP contribution in [0.15, 0.2) is 143 Å². The van der Waals surface area contributed by atoms with E-state index in [4.69, 9.17) is 9.47 Å². The maximum absolute atomic E-state index is 6.29. The first kappa shape index (κ1) is 23.4. The van der Waals surface area contributed by atoms with Crippen LogP contribution < -0.4 is 9.47 Å². The predicted molar refractivity (Wildman–Crippen MR) is 155 cm³/mol. The van der Waals surface area contributed by atoms with Gasteiger partial charge in [-0.15, -0.1) is 0 Å². The molecule has 0 fully saturated rings. The molecule has 4 aromatic rings. The van der Waals surface area contributed by atoms with Crippen LogP contribution in [0.3, 0.4) is 0 Å². The fourth-order valence-corrected chi connectivity index (χ4v) is 4.52. The zero-order valence-corrected chi connectivity index (χ0v) is 20.7. The third kappa shape index (κ3) is 4.84. The van der Waals surface area contributed by atoms with Gasteiger partial charge in [0, 0.05) is 23.6 Å². The highest BCUT2D eigenvalue weighted by Gasteiger charge is 2.33. The van der Waals surface area contributed by atoms with Crippen molar-refractivity contribution in [2.45, 2.75) is 11.4 Å². The highest BCUT2D eigenvalue weighted by molar-refractivity contribution is 5.76. The lowest BCUT2D eigenvalue weighted by Gasteiger charge is -2.26. The smallest absolute Gasteiger partial charge is 0.246 e. The Labute approximate surface area is 222 Å². The molecule has 0 N–H and O–H groups in total. The molecule has 0 spiro atoms. The first-order valence-electron chi connectivity index (χ1n) is 12.6. The fraction of sp³-hybridized carbons (Fsp3) is 0.0588. The van der Waals surface area contributed by atoms with Gasteiger partial charge in [-0.2, -0.15) is 0 Å². The van der Waals surface area contributed by atoms with Crippen molar-refractivity contribution in [3.8, 4) is 11.5 Å². The van der Waals surface area contributed by atoms with Gasteiger partial charge in [-0.3, -0.25) is 0 Å². The Morgan fingerprint density at radius 2 is 0.868 bits per heavy atom. The summed E-state index contributed by atoms with van der Waals surface area (Å²) in [5.74, 6) is 1.55. The van der Waals surface area contributed by atoms with Crippen molar-refractivity contribution in [3.05, 3.63) is 156 Å². The summed E-state index contributed by atoms with van der Waals surface area (Å²) in [6.45, 7) is 0. The maximum atomic E-state index is 6.29. The monoisotopic (exact) mass is 494 g/mol. The largest absolute Gasteiger partial charge is 0.458 e. The van der Waals surface area contributed by atoms with Crippen LogP contribution in [0, 0.1) is 0 Å². The van der Waals surface area contributed by atoms with Crippen molar-refractivity contribution in [2.24, 2.45) is 9.98 Å². The number of hydrogen-bond acceptors (Lipinski definition) is 4. The van der Waals surface area contributed by atoms with E-state index in [1.54, 1.807) is 12.4 Å². The third-order valence-electron chi connectivity index (χ3n) is 6.50. The number of aliphatic imine (C=N–C) groups is 2. The summed E-state index contributed by atoms with van der Waals surface area (Å²) >= 11 is 0. The molecule has 2 unspecified atom stereocenters. The van der Waals surface area contributed by atoms with E-state index in [0.29, 0.717) is 0 Å². The minimum atomic E-state index is -0.839. The maximum Gasteiger partial charge on any atom is 0.246 e. The van der Waals surface area contributed by atoms with Gasteiger partial charge in [0.05, 0.1) is 0 Å². The Morgan fingerprint density at radius 3 is 1.21 bits per heavy atom. The Balaban J connectivity index is 1.17. The van der Waals surface area contributed by atoms with Gasteiger partial charge in [-0.25, -0.2) is 9.98 Å². The number of para-hydroxylation sites is 2. The van der Waals surface area contributed by atoms with Crippen molar-refractivity contribution < 1.29 is 9.47 Å². The van der Waals surface area contributed by atoms with Crippen LogP contribution in [-0.2, 0) is 11.4 Å². The van der Waals surface area contributed by atoms with Crippen molar-refractivity contribution in [1.29, 1.82) is 0 Å². The summed E-state index contributed by atoms with van der Waals surface area (Å²) in [5.41, 5.74) is 2.45. The van der Waals surface area contributed by atoms with Gasteiger partial charge in [0.15, 0.2) is 0 Å². The van der Waals surface area contributed by atoms with Crippen LogP contribution in [0.5, 0.6) is 11.5 Å². The van der Waals surface area contributed by atoms with Crippen molar-refractivity contribution in [3.63, 3.8) is 0 Å². The van der Waals surface area contributed by atoms with Gasteiger partial charge >= 0.3 is 0 Å². The van der Waals surface area contributed by atoms with Gasteiger partial charge in [0.1, 0.15) is 11.5 Å². The standard InChI is InChI=1S/C34H26N2O2/c1-3-9-31(10-4-1)37-33(23-7-25-35-33)29-19-15-27(16-20-29)13-14-28-17-21-30(22-18-28)34(24-8-26-36-34)38-32-11-5-2-6-12-32/h1-26H. The van der Waals surface area contributed by atoms with E-state index in [-0.39, 0.29) is 0 Å². The van der Waals surface area contributed by atoms with Crippen LogP contribution in [0.1, 0.15) is 22.3 Å². The molecule has 2 heterocycles. The molecule has 4 heteroatoms. The quantitative estimate of drug-likeness (QED) is 0.237. The highest BCUT2D eigenvalue weighted by atomic mass is 16.5. The van der Waals surface area contributed by atoms with E-state index >= 15 is 0 Å². The Bertz CT molecular complexity index is 1390. The molecule has 0 saturated heterocycles. The summed E-state index contributed by atoms with van der Waals surface area (Å²) < 4.78 is 12.6. The number of allylic oxidation sites excluding steroid dienone is 2. The van der Waals surface area contributed by atoms with Crippen LogP contribution in [0.4, 0.5) is 0 Å². The van der Waals surface area contributed by atoms with Crippen molar-refractivity contribution in [1.82, 2.24) is 0 Å². The first-order valence-corrected chi connectivity index (χ1v) is 12.6. The second-order valence-electron chi connectivity index (χ2n) is 9.08. The molecule has 2 aliphatic rings. The Kier molecular flexibility index (Phi) is 6.29. The topological polar surface area (TPSA) is 43.2 Å².